The number of rotatable bonds is 5. The molecule has 1 aliphatic heterocycles. The van der Waals surface area contributed by atoms with Crippen LogP contribution in [0.4, 0.5) is 5.82 Å². The average molecular weight is 300 g/mol. The summed E-state index contributed by atoms with van der Waals surface area (Å²) in [5.74, 6) is 1.35. The second-order valence-electron chi connectivity index (χ2n) is 5.10. The quantitative estimate of drug-likeness (QED) is 0.830. The molecule has 1 fully saturated rings. The van der Waals surface area contributed by atoms with Crippen molar-refractivity contribution in [2.45, 2.75) is 13.0 Å². The Hall–Kier alpha value is -1.25. The molecule has 8 heteroatoms. The lowest BCUT2D eigenvalue weighted by atomic mass is 10.1. The van der Waals surface area contributed by atoms with Crippen molar-refractivity contribution < 1.29 is 13.2 Å². The standard InChI is InChI=1S/C12H20N4O3S/c1-9-13-5-4-12(14-9)15-11-7-19-6-10(11)8-20(17,18)16(2)3/h4-5,10-11H,6-8H2,1-3H3,(H,13,14,15)/t10-,11+/m0/s1. The Labute approximate surface area is 119 Å². The van der Waals surface area contributed by atoms with E-state index in [0.717, 1.165) is 0 Å². The van der Waals surface area contributed by atoms with E-state index in [1.165, 1.54) is 4.31 Å². The summed E-state index contributed by atoms with van der Waals surface area (Å²) in [4.78, 5) is 8.30. The molecule has 1 N–H and O–H groups in total. The molecule has 0 radical (unpaired) electrons. The van der Waals surface area contributed by atoms with Crippen molar-refractivity contribution in [1.82, 2.24) is 14.3 Å². The molecular formula is C12H20N4O3S. The molecular weight excluding hydrogens is 280 g/mol. The van der Waals surface area contributed by atoms with Gasteiger partial charge in [0.15, 0.2) is 0 Å². The molecule has 0 unspecified atom stereocenters. The molecule has 1 aromatic heterocycles. The monoisotopic (exact) mass is 300 g/mol. The fraction of sp³-hybridized carbons (Fsp3) is 0.667. The Kier molecular flexibility index (Phi) is 4.56. The third-order valence-corrected chi connectivity index (χ3v) is 5.25. The summed E-state index contributed by atoms with van der Waals surface area (Å²) in [6, 6.07) is 1.71. The summed E-state index contributed by atoms with van der Waals surface area (Å²) >= 11 is 0. The Bertz CT molecular complexity index is 562. The minimum atomic E-state index is -3.23. The second kappa shape index (κ2) is 6.02. The van der Waals surface area contributed by atoms with Gasteiger partial charge < -0.3 is 10.1 Å². The zero-order chi connectivity index (χ0) is 14.8. The van der Waals surface area contributed by atoms with Gasteiger partial charge in [-0.1, -0.05) is 0 Å². The highest BCUT2D eigenvalue weighted by molar-refractivity contribution is 7.89. The van der Waals surface area contributed by atoms with E-state index in [0.29, 0.717) is 24.9 Å². The molecule has 0 aromatic carbocycles. The summed E-state index contributed by atoms with van der Waals surface area (Å²) in [6.07, 6.45) is 1.67. The summed E-state index contributed by atoms with van der Waals surface area (Å²) in [7, 11) is -0.148. The molecule has 1 saturated heterocycles. The molecule has 112 valence electrons. The van der Waals surface area contributed by atoms with Crippen LogP contribution in [-0.4, -0.2) is 61.8 Å². The topological polar surface area (TPSA) is 84.4 Å². The van der Waals surface area contributed by atoms with E-state index in [1.54, 1.807) is 26.4 Å². The summed E-state index contributed by atoms with van der Waals surface area (Å²) in [6.45, 7) is 2.73. The van der Waals surface area contributed by atoms with Gasteiger partial charge in [0.25, 0.3) is 0 Å². The number of hydrogen-bond donors (Lipinski definition) is 1. The Morgan fingerprint density at radius 1 is 1.45 bits per heavy atom. The summed E-state index contributed by atoms with van der Waals surface area (Å²) < 4.78 is 30.6. The van der Waals surface area contributed by atoms with E-state index in [4.69, 9.17) is 4.74 Å². The number of nitrogens with zero attached hydrogens (tertiary/aromatic N) is 3. The van der Waals surface area contributed by atoms with Gasteiger partial charge in [-0.25, -0.2) is 22.7 Å². The smallest absolute Gasteiger partial charge is 0.214 e. The summed E-state index contributed by atoms with van der Waals surface area (Å²) in [5, 5.41) is 3.23. The molecule has 1 aliphatic rings. The van der Waals surface area contributed by atoms with Crippen molar-refractivity contribution in [2.24, 2.45) is 5.92 Å². The van der Waals surface area contributed by atoms with Crippen molar-refractivity contribution in [1.29, 1.82) is 0 Å². The maximum absolute atomic E-state index is 12.0. The van der Waals surface area contributed by atoms with Crippen LogP contribution in [0.1, 0.15) is 5.82 Å². The number of aromatic nitrogens is 2. The van der Waals surface area contributed by atoms with Gasteiger partial charge in [0.1, 0.15) is 11.6 Å². The van der Waals surface area contributed by atoms with Gasteiger partial charge >= 0.3 is 0 Å². The third-order valence-electron chi connectivity index (χ3n) is 3.29. The SMILES string of the molecule is Cc1nccc(N[C@@H]2COC[C@H]2CS(=O)(=O)N(C)C)n1. The van der Waals surface area contributed by atoms with Crippen LogP contribution < -0.4 is 5.32 Å². The summed E-state index contributed by atoms with van der Waals surface area (Å²) in [5.41, 5.74) is 0. The molecule has 2 atom stereocenters. The van der Waals surface area contributed by atoms with E-state index in [9.17, 15) is 8.42 Å². The highest BCUT2D eigenvalue weighted by Gasteiger charge is 2.33. The number of anilines is 1. The Morgan fingerprint density at radius 3 is 2.85 bits per heavy atom. The van der Waals surface area contributed by atoms with E-state index in [-0.39, 0.29) is 17.7 Å². The lowest BCUT2D eigenvalue weighted by molar-refractivity contribution is 0.187. The Balaban J connectivity index is 2.04. The average Bonchev–Trinajstić information content (AvgIpc) is 2.75. The van der Waals surface area contributed by atoms with Crippen LogP contribution in [0.3, 0.4) is 0 Å². The van der Waals surface area contributed by atoms with E-state index in [1.807, 2.05) is 6.92 Å². The van der Waals surface area contributed by atoms with Crippen LogP contribution in [0.2, 0.25) is 0 Å². The molecule has 7 nitrogen and oxygen atoms in total. The van der Waals surface area contributed by atoms with Crippen molar-refractivity contribution in [2.75, 3.05) is 38.4 Å². The maximum atomic E-state index is 12.0. The van der Waals surface area contributed by atoms with Gasteiger partial charge in [0.05, 0.1) is 25.0 Å². The van der Waals surface area contributed by atoms with Crippen LogP contribution in [0.25, 0.3) is 0 Å². The highest BCUT2D eigenvalue weighted by atomic mass is 32.2. The zero-order valence-electron chi connectivity index (χ0n) is 11.9. The number of ether oxygens (including phenoxy) is 1. The lowest BCUT2D eigenvalue weighted by Gasteiger charge is -2.21. The van der Waals surface area contributed by atoms with Gasteiger partial charge in [0, 0.05) is 26.2 Å². The molecule has 0 aliphatic carbocycles. The molecule has 0 amide bonds. The van der Waals surface area contributed by atoms with Gasteiger partial charge in [0.2, 0.25) is 10.0 Å². The zero-order valence-corrected chi connectivity index (χ0v) is 12.7. The first-order valence-electron chi connectivity index (χ1n) is 6.42. The normalized spacial score (nSPS) is 23.2. The van der Waals surface area contributed by atoms with Crippen LogP contribution in [0.5, 0.6) is 0 Å². The molecule has 0 spiro atoms. The molecule has 0 saturated carbocycles. The fourth-order valence-corrected chi connectivity index (χ4v) is 3.24. The fourth-order valence-electron chi connectivity index (χ4n) is 2.07. The maximum Gasteiger partial charge on any atom is 0.214 e. The van der Waals surface area contributed by atoms with Crippen molar-refractivity contribution in [3.05, 3.63) is 18.1 Å². The van der Waals surface area contributed by atoms with Crippen molar-refractivity contribution in [3.63, 3.8) is 0 Å². The second-order valence-corrected chi connectivity index (χ2v) is 7.33. The highest BCUT2D eigenvalue weighted by Crippen LogP contribution is 2.20. The minimum absolute atomic E-state index is 0.0565. The molecule has 2 heterocycles. The first-order chi connectivity index (χ1) is 9.38. The first-order valence-corrected chi connectivity index (χ1v) is 8.03. The van der Waals surface area contributed by atoms with Crippen molar-refractivity contribution >= 4 is 15.8 Å². The Morgan fingerprint density at radius 2 is 2.20 bits per heavy atom. The number of aryl methyl sites for hydroxylation is 1. The minimum Gasteiger partial charge on any atom is -0.379 e. The van der Waals surface area contributed by atoms with Crippen molar-refractivity contribution in [3.8, 4) is 0 Å². The number of sulfonamides is 1. The third kappa shape index (κ3) is 3.65. The van der Waals surface area contributed by atoms with Gasteiger partial charge in [-0.05, 0) is 13.0 Å². The predicted molar refractivity (Wildman–Crippen MR) is 76.0 cm³/mol. The largest absolute Gasteiger partial charge is 0.379 e. The van der Waals surface area contributed by atoms with Crippen LogP contribution in [-0.2, 0) is 14.8 Å². The van der Waals surface area contributed by atoms with E-state index in [2.05, 4.69) is 15.3 Å². The molecule has 2 rings (SSSR count). The predicted octanol–water partition coefficient (Wildman–Crippen LogP) is 0.103. The van der Waals surface area contributed by atoms with E-state index < -0.39 is 10.0 Å². The molecule has 0 bridgehead atoms. The van der Waals surface area contributed by atoms with Gasteiger partial charge in [-0.3, -0.25) is 0 Å². The van der Waals surface area contributed by atoms with Crippen LogP contribution in [0, 0.1) is 12.8 Å². The molecule has 20 heavy (non-hydrogen) atoms. The van der Waals surface area contributed by atoms with Gasteiger partial charge in [-0.2, -0.15) is 0 Å². The van der Waals surface area contributed by atoms with Crippen LogP contribution >= 0.6 is 0 Å². The lowest BCUT2D eigenvalue weighted by Crippen LogP contribution is -2.37. The number of hydrogen-bond acceptors (Lipinski definition) is 6. The van der Waals surface area contributed by atoms with E-state index >= 15 is 0 Å². The number of nitrogens with one attached hydrogen (secondary N) is 1. The molecule has 1 aromatic rings. The first kappa shape index (κ1) is 15.1. The van der Waals surface area contributed by atoms with Crippen LogP contribution in [0.15, 0.2) is 12.3 Å². The van der Waals surface area contributed by atoms with Gasteiger partial charge in [-0.15, -0.1) is 0 Å².